The number of amides is 3. The fraction of sp³-hybridized carbons (Fsp3) is 0.267. The monoisotopic (exact) mass is 615 g/mol. The Labute approximate surface area is 259 Å². The van der Waals surface area contributed by atoms with E-state index in [4.69, 9.17) is 14.0 Å². The van der Waals surface area contributed by atoms with Crippen LogP contribution < -0.4 is 31.6 Å². The van der Waals surface area contributed by atoms with Crippen LogP contribution in [0.3, 0.4) is 0 Å². The number of methoxy groups -OCH3 is 1. The number of benzene rings is 3. The standard InChI is InChI=1S/C30H31B2N3O10/c1-16(33-28(38)17-7-9-19-14-44-31(41)22(19)11-17)27(35-29(39)18-8-10-20-15-45-32(42)23(20)12-18)30(40)34-24(13-26(36)37)21-5-3-4-6-25(21)43-2/h3-12,16,24,27,41-42H,13-15H2,1-2H3,(H,33,38)(H,34,40)(H,35,39)(H,36,37)/t16-,24-,27-/m0/s1. The van der Waals surface area contributed by atoms with Crippen molar-refractivity contribution in [3.8, 4) is 5.75 Å². The second kappa shape index (κ2) is 13.5. The summed E-state index contributed by atoms with van der Waals surface area (Å²) < 4.78 is 15.8. The van der Waals surface area contributed by atoms with Gasteiger partial charge in [0, 0.05) is 16.7 Å². The molecule has 6 N–H and O–H groups in total. The van der Waals surface area contributed by atoms with E-state index < -0.39 is 62.5 Å². The first-order chi connectivity index (χ1) is 21.5. The van der Waals surface area contributed by atoms with Gasteiger partial charge in [0.15, 0.2) is 0 Å². The molecule has 232 valence electrons. The number of nitrogens with one attached hydrogen (secondary N) is 3. The highest BCUT2D eigenvalue weighted by molar-refractivity contribution is 6.62. The van der Waals surface area contributed by atoms with Gasteiger partial charge >= 0.3 is 20.2 Å². The first-order valence-electron chi connectivity index (χ1n) is 14.2. The third-order valence-electron chi connectivity index (χ3n) is 7.78. The maximum atomic E-state index is 13.8. The quantitative estimate of drug-likeness (QED) is 0.152. The molecule has 0 fully saturated rings. The number of aliphatic carboxylic acids is 1. The second-order valence-corrected chi connectivity index (χ2v) is 10.8. The lowest BCUT2D eigenvalue weighted by Gasteiger charge is -2.28. The fourth-order valence-corrected chi connectivity index (χ4v) is 5.36. The Balaban J connectivity index is 1.41. The molecule has 3 aromatic carbocycles. The number of carbonyl (C=O) groups is 4. The summed E-state index contributed by atoms with van der Waals surface area (Å²) in [5.74, 6) is -2.86. The highest BCUT2D eigenvalue weighted by Crippen LogP contribution is 2.27. The molecule has 3 atom stereocenters. The van der Waals surface area contributed by atoms with Crippen LogP contribution in [0, 0.1) is 0 Å². The Morgan fingerprint density at radius 2 is 1.40 bits per heavy atom. The average Bonchev–Trinajstić information content (AvgIpc) is 3.59. The zero-order valence-corrected chi connectivity index (χ0v) is 24.5. The molecule has 2 heterocycles. The van der Waals surface area contributed by atoms with Crippen LogP contribution >= 0.6 is 0 Å². The summed E-state index contributed by atoms with van der Waals surface area (Å²) in [6, 6.07) is 12.5. The minimum Gasteiger partial charge on any atom is -0.496 e. The molecule has 0 saturated carbocycles. The molecule has 0 saturated heterocycles. The summed E-state index contributed by atoms with van der Waals surface area (Å²) in [5, 5.41) is 37.9. The first kappa shape index (κ1) is 31.7. The molecule has 0 unspecified atom stereocenters. The predicted octanol–water partition coefficient (Wildman–Crippen LogP) is -0.620. The molecule has 5 rings (SSSR count). The highest BCUT2D eigenvalue weighted by atomic mass is 16.5. The minimum atomic E-state index is -1.38. The van der Waals surface area contributed by atoms with E-state index in [0.29, 0.717) is 27.8 Å². The van der Waals surface area contributed by atoms with Crippen molar-refractivity contribution in [1.82, 2.24) is 16.0 Å². The van der Waals surface area contributed by atoms with Crippen molar-refractivity contribution in [2.75, 3.05) is 7.11 Å². The number of fused-ring (bicyclic) bond motifs is 2. The molecule has 45 heavy (non-hydrogen) atoms. The Hall–Kier alpha value is -4.69. The van der Waals surface area contributed by atoms with Crippen molar-refractivity contribution in [3.63, 3.8) is 0 Å². The normalized spacial score (nSPS) is 15.4. The van der Waals surface area contributed by atoms with Crippen LogP contribution in [0.1, 0.15) is 56.8 Å². The van der Waals surface area contributed by atoms with Crippen molar-refractivity contribution >= 4 is 48.9 Å². The zero-order valence-electron chi connectivity index (χ0n) is 24.5. The van der Waals surface area contributed by atoms with E-state index in [2.05, 4.69) is 16.0 Å². The Morgan fingerprint density at radius 3 is 1.96 bits per heavy atom. The van der Waals surface area contributed by atoms with Gasteiger partial charge in [-0.2, -0.15) is 0 Å². The predicted molar refractivity (Wildman–Crippen MR) is 162 cm³/mol. The lowest BCUT2D eigenvalue weighted by Crippen LogP contribution is -2.58. The van der Waals surface area contributed by atoms with E-state index in [-0.39, 0.29) is 24.3 Å². The van der Waals surface area contributed by atoms with Gasteiger partial charge in [-0.3, -0.25) is 19.2 Å². The Kier molecular flexibility index (Phi) is 9.54. The van der Waals surface area contributed by atoms with Crippen molar-refractivity contribution in [3.05, 3.63) is 88.5 Å². The summed E-state index contributed by atoms with van der Waals surface area (Å²) in [7, 11) is -0.943. The van der Waals surface area contributed by atoms with Crippen LogP contribution in [0.4, 0.5) is 0 Å². The summed E-state index contributed by atoms with van der Waals surface area (Å²) in [6.07, 6.45) is -0.490. The molecule has 0 spiro atoms. The molecular weight excluding hydrogens is 584 g/mol. The molecule has 2 aliphatic rings. The largest absolute Gasteiger partial charge is 0.496 e. The van der Waals surface area contributed by atoms with Crippen molar-refractivity contribution < 1.29 is 48.4 Å². The van der Waals surface area contributed by atoms with Gasteiger partial charge in [-0.05, 0) is 59.3 Å². The topological polar surface area (TPSA) is 193 Å². The van der Waals surface area contributed by atoms with Gasteiger partial charge in [0.1, 0.15) is 11.8 Å². The molecule has 15 heteroatoms. The van der Waals surface area contributed by atoms with E-state index in [9.17, 15) is 34.3 Å². The van der Waals surface area contributed by atoms with Crippen molar-refractivity contribution in [2.24, 2.45) is 0 Å². The van der Waals surface area contributed by atoms with Crippen LogP contribution in [0.2, 0.25) is 0 Å². The third-order valence-corrected chi connectivity index (χ3v) is 7.78. The number of ether oxygens (including phenoxy) is 1. The first-order valence-corrected chi connectivity index (χ1v) is 14.2. The van der Waals surface area contributed by atoms with Crippen LogP contribution in [0.25, 0.3) is 0 Å². The van der Waals surface area contributed by atoms with E-state index in [1.54, 1.807) is 42.5 Å². The summed E-state index contributed by atoms with van der Waals surface area (Å²) in [5.41, 5.74) is 3.06. The lowest BCUT2D eigenvalue weighted by molar-refractivity contribution is -0.137. The summed E-state index contributed by atoms with van der Waals surface area (Å²) >= 11 is 0. The number of carbonyl (C=O) groups excluding carboxylic acids is 3. The van der Waals surface area contributed by atoms with Crippen molar-refractivity contribution in [1.29, 1.82) is 0 Å². The SMILES string of the molecule is COc1ccccc1[C@H](CC(=O)O)NC(=O)[C@@H](NC(=O)c1ccc2c(c1)B(O)OC2)[C@H](C)NC(=O)c1ccc2c(c1)B(O)OC2. The van der Waals surface area contributed by atoms with Gasteiger partial charge in [-0.1, -0.05) is 30.3 Å². The van der Waals surface area contributed by atoms with Crippen molar-refractivity contribution in [2.45, 2.75) is 44.7 Å². The number of rotatable bonds is 11. The van der Waals surface area contributed by atoms with E-state index in [1.165, 1.54) is 32.2 Å². The number of hydrogen-bond acceptors (Lipinski definition) is 9. The van der Waals surface area contributed by atoms with Gasteiger partial charge in [0.05, 0.1) is 38.8 Å². The maximum absolute atomic E-state index is 13.8. The number of hydrogen-bond donors (Lipinski definition) is 6. The molecular formula is C30H31B2N3O10. The fourth-order valence-electron chi connectivity index (χ4n) is 5.36. The highest BCUT2D eigenvalue weighted by Gasteiger charge is 2.34. The molecule has 0 bridgehead atoms. The average molecular weight is 615 g/mol. The summed E-state index contributed by atoms with van der Waals surface area (Å²) in [4.78, 5) is 52.3. The number of para-hydroxylation sites is 1. The molecule has 0 aliphatic carbocycles. The van der Waals surface area contributed by atoms with E-state index >= 15 is 0 Å². The number of carboxylic acids is 1. The Morgan fingerprint density at radius 1 is 0.844 bits per heavy atom. The van der Waals surface area contributed by atoms with Gasteiger partial charge in [-0.15, -0.1) is 0 Å². The van der Waals surface area contributed by atoms with Crippen LogP contribution in [-0.2, 0) is 32.1 Å². The van der Waals surface area contributed by atoms with Gasteiger partial charge in [0.25, 0.3) is 11.8 Å². The number of carboxylic acid groups (broad SMARTS) is 1. The lowest BCUT2D eigenvalue weighted by atomic mass is 9.78. The van der Waals surface area contributed by atoms with Gasteiger partial charge in [0.2, 0.25) is 5.91 Å². The van der Waals surface area contributed by atoms with E-state index in [1.807, 2.05) is 0 Å². The molecule has 0 radical (unpaired) electrons. The van der Waals surface area contributed by atoms with Crippen LogP contribution in [0.15, 0.2) is 60.7 Å². The van der Waals surface area contributed by atoms with Crippen LogP contribution in [0.5, 0.6) is 5.75 Å². The second-order valence-electron chi connectivity index (χ2n) is 10.8. The molecule has 2 aliphatic heterocycles. The maximum Gasteiger partial charge on any atom is 0.491 e. The summed E-state index contributed by atoms with van der Waals surface area (Å²) in [6.45, 7) is 1.91. The zero-order chi connectivity index (χ0) is 32.2. The van der Waals surface area contributed by atoms with Gasteiger partial charge in [-0.25, -0.2) is 0 Å². The Bertz CT molecular complexity index is 1640. The molecule has 3 amide bonds. The van der Waals surface area contributed by atoms with E-state index in [0.717, 1.165) is 5.56 Å². The minimum absolute atomic E-state index is 0.133. The van der Waals surface area contributed by atoms with Crippen LogP contribution in [-0.4, -0.2) is 72.3 Å². The third kappa shape index (κ3) is 7.02. The van der Waals surface area contributed by atoms with Gasteiger partial charge < -0.3 is 45.2 Å². The molecule has 0 aromatic heterocycles. The molecule has 3 aromatic rings. The molecule has 13 nitrogen and oxygen atoms in total. The smallest absolute Gasteiger partial charge is 0.491 e.